The van der Waals surface area contributed by atoms with Crippen molar-refractivity contribution in [2.75, 3.05) is 5.73 Å². The zero-order chi connectivity index (χ0) is 14.5. The van der Waals surface area contributed by atoms with Crippen molar-refractivity contribution < 1.29 is 14.7 Å². The summed E-state index contributed by atoms with van der Waals surface area (Å²) in [5, 5.41) is 11.2. The maximum atomic E-state index is 11.6. The molecule has 20 heavy (non-hydrogen) atoms. The third-order valence-electron chi connectivity index (χ3n) is 2.68. The van der Waals surface area contributed by atoms with E-state index >= 15 is 0 Å². The van der Waals surface area contributed by atoms with E-state index in [2.05, 4.69) is 4.98 Å². The van der Waals surface area contributed by atoms with Gasteiger partial charge in [-0.05, 0) is 12.1 Å². The SMILES string of the molecule is Nc1cccc(-c2nc(CC(=O)CCC(=O)O)cs2)c1. The number of carbonyl (C=O) groups excluding carboxylic acids is 1. The molecule has 0 saturated heterocycles. The molecule has 0 amide bonds. The number of hydrogen-bond acceptors (Lipinski definition) is 5. The maximum Gasteiger partial charge on any atom is 0.303 e. The number of nitrogens with zero attached hydrogens (tertiary/aromatic N) is 1. The second-order valence-electron chi connectivity index (χ2n) is 4.38. The molecule has 0 radical (unpaired) electrons. The first kappa shape index (κ1) is 14.2. The number of aliphatic carboxylic acids is 1. The largest absolute Gasteiger partial charge is 0.481 e. The Morgan fingerprint density at radius 2 is 2.10 bits per heavy atom. The lowest BCUT2D eigenvalue weighted by molar-refractivity contribution is -0.138. The van der Waals surface area contributed by atoms with Crippen molar-refractivity contribution in [3.8, 4) is 10.6 Å². The lowest BCUT2D eigenvalue weighted by Gasteiger charge is -1.98. The molecular weight excluding hydrogens is 276 g/mol. The first-order valence-electron chi connectivity index (χ1n) is 6.08. The quantitative estimate of drug-likeness (QED) is 0.797. The van der Waals surface area contributed by atoms with Gasteiger partial charge in [-0.15, -0.1) is 11.3 Å². The normalized spacial score (nSPS) is 10.4. The Hall–Kier alpha value is -2.21. The fourth-order valence-corrected chi connectivity index (χ4v) is 2.55. The molecule has 6 heteroatoms. The zero-order valence-corrected chi connectivity index (χ0v) is 11.5. The van der Waals surface area contributed by atoms with Gasteiger partial charge in [0.2, 0.25) is 0 Å². The van der Waals surface area contributed by atoms with Crippen LogP contribution >= 0.6 is 11.3 Å². The summed E-state index contributed by atoms with van der Waals surface area (Å²) in [5.74, 6) is -1.08. The van der Waals surface area contributed by atoms with Gasteiger partial charge in [0.25, 0.3) is 0 Å². The summed E-state index contributed by atoms with van der Waals surface area (Å²) in [6.45, 7) is 0. The number of benzene rings is 1. The number of Topliss-reactive ketones (excluding diaryl/α,β-unsaturated/α-hetero) is 1. The van der Waals surface area contributed by atoms with Gasteiger partial charge in [0.1, 0.15) is 10.8 Å². The number of carboxylic acids is 1. The lowest BCUT2D eigenvalue weighted by Crippen LogP contribution is -2.06. The van der Waals surface area contributed by atoms with Crippen LogP contribution in [0.5, 0.6) is 0 Å². The van der Waals surface area contributed by atoms with Crippen molar-refractivity contribution >= 4 is 28.8 Å². The van der Waals surface area contributed by atoms with Crippen LogP contribution in [0.3, 0.4) is 0 Å². The van der Waals surface area contributed by atoms with Crippen LogP contribution in [0.4, 0.5) is 5.69 Å². The van der Waals surface area contributed by atoms with Crippen LogP contribution in [0.25, 0.3) is 10.6 Å². The van der Waals surface area contributed by atoms with E-state index in [1.165, 1.54) is 11.3 Å². The van der Waals surface area contributed by atoms with E-state index in [9.17, 15) is 9.59 Å². The van der Waals surface area contributed by atoms with Crippen LogP contribution in [0.1, 0.15) is 18.5 Å². The number of carbonyl (C=O) groups is 2. The van der Waals surface area contributed by atoms with Crippen molar-refractivity contribution in [2.45, 2.75) is 19.3 Å². The number of aromatic nitrogens is 1. The second kappa shape index (κ2) is 6.29. The van der Waals surface area contributed by atoms with E-state index in [1.807, 2.05) is 23.6 Å². The molecule has 1 aromatic carbocycles. The summed E-state index contributed by atoms with van der Waals surface area (Å²) in [7, 11) is 0. The molecule has 2 aromatic rings. The number of nitrogen functional groups attached to an aromatic ring is 1. The number of nitrogens with two attached hydrogens (primary N) is 1. The predicted octanol–water partition coefficient (Wildman–Crippen LogP) is 2.37. The van der Waals surface area contributed by atoms with E-state index < -0.39 is 5.97 Å². The summed E-state index contributed by atoms with van der Waals surface area (Å²) in [6, 6.07) is 7.39. The van der Waals surface area contributed by atoms with Gasteiger partial charge in [-0.1, -0.05) is 12.1 Å². The minimum atomic E-state index is -0.961. The molecule has 0 aliphatic heterocycles. The Labute approximate surface area is 120 Å². The molecule has 1 aromatic heterocycles. The maximum absolute atomic E-state index is 11.6. The molecule has 0 aliphatic carbocycles. The highest BCUT2D eigenvalue weighted by Crippen LogP contribution is 2.25. The number of carboxylic acid groups (broad SMARTS) is 1. The Morgan fingerprint density at radius 3 is 2.80 bits per heavy atom. The van der Waals surface area contributed by atoms with E-state index in [-0.39, 0.29) is 25.0 Å². The molecule has 0 unspecified atom stereocenters. The monoisotopic (exact) mass is 290 g/mol. The molecule has 104 valence electrons. The molecule has 0 fully saturated rings. The molecule has 2 rings (SSSR count). The number of hydrogen-bond donors (Lipinski definition) is 2. The van der Waals surface area contributed by atoms with E-state index in [1.54, 1.807) is 6.07 Å². The van der Waals surface area contributed by atoms with E-state index in [4.69, 9.17) is 10.8 Å². The van der Waals surface area contributed by atoms with Crippen LogP contribution in [-0.4, -0.2) is 21.8 Å². The first-order valence-corrected chi connectivity index (χ1v) is 6.96. The third-order valence-corrected chi connectivity index (χ3v) is 3.62. The van der Waals surface area contributed by atoms with Gasteiger partial charge < -0.3 is 10.8 Å². The van der Waals surface area contributed by atoms with Crippen LogP contribution in [0.2, 0.25) is 0 Å². The molecule has 0 spiro atoms. The van der Waals surface area contributed by atoms with Crippen molar-refractivity contribution in [1.82, 2.24) is 4.98 Å². The molecule has 1 heterocycles. The Bertz CT molecular complexity index is 637. The van der Waals surface area contributed by atoms with Crippen molar-refractivity contribution in [3.63, 3.8) is 0 Å². The summed E-state index contributed by atoms with van der Waals surface area (Å²) in [5.41, 5.74) is 7.97. The highest BCUT2D eigenvalue weighted by molar-refractivity contribution is 7.13. The highest BCUT2D eigenvalue weighted by atomic mass is 32.1. The van der Waals surface area contributed by atoms with E-state index in [0.717, 1.165) is 10.6 Å². The topological polar surface area (TPSA) is 93.3 Å². The summed E-state index contributed by atoms with van der Waals surface area (Å²) in [6.07, 6.45) is 0.0810. The Morgan fingerprint density at radius 1 is 1.30 bits per heavy atom. The Balaban J connectivity index is 2.02. The number of thiazole rings is 1. The van der Waals surface area contributed by atoms with Gasteiger partial charge in [-0.25, -0.2) is 4.98 Å². The van der Waals surface area contributed by atoms with Gasteiger partial charge in [0.15, 0.2) is 0 Å². The highest BCUT2D eigenvalue weighted by Gasteiger charge is 2.10. The van der Waals surface area contributed by atoms with Gasteiger partial charge in [-0.2, -0.15) is 0 Å². The molecule has 5 nitrogen and oxygen atoms in total. The van der Waals surface area contributed by atoms with Crippen molar-refractivity contribution in [1.29, 1.82) is 0 Å². The van der Waals surface area contributed by atoms with Gasteiger partial charge in [0, 0.05) is 29.5 Å². The fourth-order valence-electron chi connectivity index (χ4n) is 1.73. The number of rotatable bonds is 6. The summed E-state index contributed by atoms with van der Waals surface area (Å²) < 4.78 is 0. The van der Waals surface area contributed by atoms with Crippen LogP contribution < -0.4 is 5.73 Å². The average molecular weight is 290 g/mol. The molecule has 0 atom stereocenters. The molecule has 3 N–H and O–H groups in total. The van der Waals surface area contributed by atoms with Crippen LogP contribution in [0.15, 0.2) is 29.6 Å². The summed E-state index contributed by atoms with van der Waals surface area (Å²) in [4.78, 5) is 26.4. The van der Waals surface area contributed by atoms with E-state index in [0.29, 0.717) is 11.4 Å². The van der Waals surface area contributed by atoms with Crippen LogP contribution in [-0.2, 0) is 16.0 Å². The minimum absolute atomic E-state index is 0.0421. The Kier molecular flexibility index (Phi) is 4.47. The zero-order valence-electron chi connectivity index (χ0n) is 10.7. The first-order chi connectivity index (χ1) is 9.54. The molecule has 0 saturated carbocycles. The van der Waals surface area contributed by atoms with Crippen molar-refractivity contribution in [3.05, 3.63) is 35.3 Å². The predicted molar refractivity (Wildman–Crippen MR) is 77.5 cm³/mol. The fraction of sp³-hybridized carbons (Fsp3) is 0.214. The van der Waals surface area contributed by atoms with Crippen LogP contribution in [0, 0.1) is 0 Å². The third kappa shape index (κ3) is 3.89. The molecule has 0 bridgehead atoms. The minimum Gasteiger partial charge on any atom is -0.481 e. The van der Waals surface area contributed by atoms with Crippen molar-refractivity contribution in [2.24, 2.45) is 0 Å². The second-order valence-corrected chi connectivity index (χ2v) is 5.24. The van der Waals surface area contributed by atoms with Gasteiger partial charge in [-0.3, -0.25) is 9.59 Å². The smallest absolute Gasteiger partial charge is 0.303 e. The number of ketones is 1. The molecular formula is C14H14N2O3S. The standard InChI is InChI=1S/C14H14N2O3S/c15-10-3-1-2-9(6-10)14-16-11(8-20-14)7-12(17)4-5-13(18)19/h1-3,6,8H,4-5,7,15H2,(H,18,19). The average Bonchev–Trinajstić information content (AvgIpc) is 2.85. The lowest BCUT2D eigenvalue weighted by atomic mass is 10.1. The van der Waals surface area contributed by atoms with Gasteiger partial charge >= 0.3 is 5.97 Å². The van der Waals surface area contributed by atoms with Gasteiger partial charge in [0.05, 0.1) is 12.1 Å². The number of anilines is 1. The summed E-state index contributed by atoms with van der Waals surface area (Å²) >= 11 is 1.44. The molecule has 0 aliphatic rings.